The smallest absolute Gasteiger partial charge is 0.175 e. The van der Waals surface area contributed by atoms with E-state index >= 15 is 0 Å². The highest BCUT2D eigenvalue weighted by Crippen LogP contribution is 2.28. The predicted molar refractivity (Wildman–Crippen MR) is 99.0 cm³/mol. The Morgan fingerprint density at radius 3 is 1.97 bits per heavy atom. The summed E-state index contributed by atoms with van der Waals surface area (Å²) in [6.07, 6.45) is 3.62. The van der Waals surface area contributed by atoms with E-state index in [1.54, 1.807) is 0 Å². The molecule has 1 atom stereocenters. The van der Waals surface area contributed by atoms with Gasteiger partial charge in [-0.3, -0.25) is 0 Å². The summed E-state index contributed by atoms with van der Waals surface area (Å²) < 4.78 is 37.0. The van der Waals surface area contributed by atoms with Gasteiger partial charge < -0.3 is 9.67 Å². The molecule has 0 amide bonds. The van der Waals surface area contributed by atoms with E-state index in [2.05, 4.69) is 72.3 Å². The Balaban J connectivity index is 0.000000431. The molecule has 0 bridgehead atoms. The van der Waals surface area contributed by atoms with Crippen molar-refractivity contribution in [1.82, 2.24) is 4.57 Å². The second-order valence-electron chi connectivity index (χ2n) is 6.77. The van der Waals surface area contributed by atoms with Crippen LogP contribution in [-0.2, 0) is 13.1 Å². The van der Waals surface area contributed by atoms with Crippen molar-refractivity contribution in [2.45, 2.75) is 26.1 Å². The van der Waals surface area contributed by atoms with Crippen molar-refractivity contribution in [3.63, 3.8) is 0 Å². The number of para-hydroxylation sites is 2. The molecule has 0 aliphatic rings. The lowest BCUT2D eigenvalue weighted by Crippen LogP contribution is -2.58. The summed E-state index contributed by atoms with van der Waals surface area (Å²) in [5.74, 6) is 0. The minimum atomic E-state index is -4.69. The van der Waals surface area contributed by atoms with Crippen molar-refractivity contribution >= 4 is 21.8 Å². The lowest BCUT2D eigenvalue weighted by Gasteiger charge is -2.12. The van der Waals surface area contributed by atoms with Crippen LogP contribution in [0.15, 0.2) is 73.1 Å². The second kappa shape index (κ2) is 8.87. The van der Waals surface area contributed by atoms with Crippen molar-refractivity contribution in [2.24, 2.45) is 0 Å². The van der Waals surface area contributed by atoms with Crippen LogP contribution in [0.25, 0.3) is 21.8 Å². The van der Waals surface area contributed by atoms with Gasteiger partial charge in [0, 0.05) is 33.4 Å². The number of benzene rings is 2. The zero-order valence-electron chi connectivity index (χ0n) is 15.8. The minimum Gasteiger partial charge on any atom is -0.385 e. The maximum atomic E-state index is 10.6. The normalized spacial score (nSPS) is 12.6. The summed E-state index contributed by atoms with van der Waals surface area (Å²) in [6.45, 7) is 3.23. The maximum Gasteiger partial charge on any atom is 0.175 e. The van der Waals surface area contributed by atoms with E-state index in [0.717, 1.165) is 0 Å². The molecule has 0 spiro atoms. The van der Waals surface area contributed by atoms with E-state index in [1.165, 1.54) is 27.4 Å². The van der Waals surface area contributed by atoms with Gasteiger partial charge in [-0.05, 0) is 25.1 Å². The number of pyridine rings is 1. The van der Waals surface area contributed by atoms with E-state index in [-0.39, 0.29) is 0 Å². The molecule has 4 aromatic rings. The molecule has 0 fully saturated rings. The summed E-state index contributed by atoms with van der Waals surface area (Å²) in [4.78, 5) is 0. The molecule has 7 nitrogen and oxygen atoms in total. The molecule has 152 valence electrons. The van der Waals surface area contributed by atoms with Crippen LogP contribution in [0, 0.1) is 17.2 Å². The molecule has 8 heteroatoms. The topological polar surface area (TPSA) is 118 Å². The molecule has 0 saturated heterocycles. The molecular weight excluding hydrogens is 396 g/mol. The number of rotatable bonds is 4. The van der Waals surface area contributed by atoms with Gasteiger partial charge >= 0.3 is 0 Å². The van der Waals surface area contributed by atoms with E-state index in [0.29, 0.717) is 13.1 Å². The number of fused-ring (bicyclic) bond motifs is 3. The average molecular weight is 418 g/mol. The highest BCUT2D eigenvalue weighted by atomic mass is 35.7. The van der Waals surface area contributed by atoms with Crippen molar-refractivity contribution in [1.29, 1.82) is 0 Å². The van der Waals surface area contributed by atoms with Gasteiger partial charge in [0.05, 0.1) is 21.4 Å². The molecule has 2 aromatic heterocycles. The Hall–Kier alpha value is -2.52. The van der Waals surface area contributed by atoms with Gasteiger partial charge in [0.1, 0.15) is 6.10 Å². The SMILES string of the molecule is Cc1ccc[n+](CC(O)Cn2c3ccccc3c3ccccc32)c1.[O-][Cl+3]([O-])([O-])O. The van der Waals surface area contributed by atoms with E-state index < -0.39 is 16.3 Å². The van der Waals surface area contributed by atoms with Crippen LogP contribution in [0.5, 0.6) is 0 Å². The van der Waals surface area contributed by atoms with Crippen LogP contribution in [0.2, 0.25) is 0 Å². The first-order valence-electron chi connectivity index (χ1n) is 8.95. The molecule has 2 heterocycles. The summed E-state index contributed by atoms with van der Waals surface area (Å²) in [5.41, 5.74) is 3.54. The molecule has 0 aliphatic heterocycles. The number of aryl methyl sites for hydroxylation is 1. The van der Waals surface area contributed by atoms with Gasteiger partial charge in [-0.25, -0.2) is 4.57 Å². The van der Waals surface area contributed by atoms with Gasteiger partial charge in [-0.2, -0.15) is 14.0 Å². The van der Waals surface area contributed by atoms with E-state index in [4.69, 9.17) is 18.6 Å². The Morgan fingerprint density at radius 1 is 0.931 bits per heavy atom. The minimum absolute atomic E-state index is 0.448. The number of aliphatic hydroxyl groups excluding tert-OH is 1. The first kappa shape index (κ1) is 21.2. The lowest BCUT2D eigenvalue weighted by molar-refractivity contribution is -1.92. The highest BCUT2D eigenvalue weighted by molar-refractivity contribution is 6.07. The predicted octanol–water partition coefficient (Wildman–Crippen LogP) is -0.672. The average Bonchev–Trinajstić information content (AvgIpc) is 2.95. The number of hydrogen-bond donors (Lipinski definition) is 2. The zero-order valence-corrected chi connectivity index (χ0v) is 16.6. The largest absolute Gasteiger partial charge is 0.385 e. The van der Waals surface area contributed by atoms with Crippen molar-refractivity contribution < 1.29 is 38.6 Å². The molecule has 0 radical (unpaired) electrons. The number of aliphatic hydroxyl groups is 1. The molecule has 0 aliphatic carbocycles. The Kier molecular flexibility index (Phi) is 6.49. The van der Waals surface area contributed by atoms with Crippen LogP contribution in [0.4, 0.5) is 0 Å². The Labute approximate surface area is 170 Å². The van der Waals surface area contributed by atoms with Gasteiger partial charge in [0.25, 0.3) is 0 Å². The first-order chi connectivity index (χ1) is 13.7. The van der Waals surface area contributed by atoms with Crippen LogP contribution in [0.1, 0.15) is 5.56 Å². The summed E-state index contributed by atoms with van der Waals surface area (Å²) in [7, 11) is -4.69. The van der Waals surface area contributed by atoms with Gasteiger partial charge in [0.15, 0.2) is 18.9 Å². The first-order valence-corrected chi connectivity index (χ1v) is 10.2. The molecular formula is C21H22ClN2O5+. The number of nitrogens with zero attached hydrogens (tertiary/aromatic N) is 2. The monoisotopic (exact) mass is 417 g/mol. The molecule has 4 rings (SSSR count). The van der Waals surface area contributed by atoms with Crippen LogP contribution < -0.4 is 18.5 Å². The van der Waals surface area contributed by atoms with Crippen molar-refractivity contribution in [2.75, 3.05) is 0 Å². The third kappa shape index (κ3) is 5.74. The van der Waals surface area contributed by atoms with E-state index in [1.807, 2.05) is 16.8 Å². The number of halogens is 1. The lowest BCUT2D eigenvalue weighted by atomic mass is 10.2. The number of hydrogen-bond acceptors (Lipinski definition) is 5. The Bertz CT molecular complexity index is 1050. The van der Waals surface area contributed by atoms with Crippen molar-refractivity contribution in [3.8, 4) is 0 Å². The molecule has 29 heavy (non-hydrogen) atoms. The Morgan fingerprint density at radius 2 is 1.45 bits per heavy atom. The van der Waals surface area contributed by atoms with E-state index in [9.17, 15) is 5.11 Å². The molecule has 2 aromatic carbocycles. The summed E-state index contributed by atoms with van der Waals surface area (Å²) in [5, 5.41) is 13.1. The fraction of sp³-hybridized carbons (Fsp3) is 0.190. The highest BCUT2D eigenvalue weighted by Gasteiger charge is 2.16. The van der Waals surface area contributed by atoms with Crippen LogP contribution in [-0.4, -0.2) is 20.4 Å². The quantitative estimate of drug-likeness (QED) is 0.427. The molecule has 2 N–H and O–H groups in total. The molecule has 1 unspecified atom stereocenters. The standard InChI is InChI=1S/C21H21N2O.ClHO4/c1-16-7-6-12-22(13-16)14-17(24)15-23-20-10-4-2-8-18(20)19-9-3-5-11-21(19)23;2-1(3,4)5/h2-13,17,24H,14-15H2,1H3;(H,2,3,4,5)/q+1;. The zero-order chi connectivity index (χ0) is 21.0. The third-order valence-corrected chi connectivity index (χ3v) is 4.50. The van der Waals surface area contributed by atoms with Crippen LogP contribution in [0.3, 0.4) is 0 Å². The van der Waals surface area contributed by atoms with Gasteiger partial charge in [-0.15, -0.1) is 0 Å². The number of aromatic nitrogens is 2. The van der Waals surface area contributed by atoms with Crippen molar-refractivity contribution in [3.05, 3.63) is 78.6 Å². The van der Waals surface area contributed by atoms with Gasteiger partial charge in [-0.1, -0.05) is 36.4 Å². The third-order valence-electron chi connectivity index (χ3n) is 4.50. The van der Waals surface area contributed by atoms with Crippen LogP contribution >= 0.6 is 0 Å². The maximum absolute atomic E-state index is 10.6. The summed E-state index contributed by atoms with van der Waals surface area (Å²) in [6, 6.07) is 20.9. The fourth-order valence-electron chi connectivity index (χ4n) is 3.48. The van der Waals surface area contributed by atoms with Gasteiger partial charge in [0.2, 0.25) is 0 Å². The second-order valence-corrected chi connectivity index (χ2v) is 7.56. The fourth-order valence-corrected chi connectivity index (χ4v) is 3.48. The molecule has 0 saturated carbocycles. The summed E-state index contributed by atoms with van der Waals surface area (Å²) >= 11 is 0.